The monoisotopic (exact) mass is 379 g/mol. The molecule has 1 nitrogen and oxygen atoms in total. The second kappa shape index (κ2) is 7.52. The van der Waals surface area contributed by atoms with Gasteiger partial charge in [-0.2, -0.15) is 13.2 Å². The smallest absolute Gasteiger partial charge is 0.445 e. The van der Waals surface area contributed by atoms with Gasteiger partial charge in [0.1, 0.15) is 0 Å². The van der Waals surface area contributed by atoms with Gasteiger partial charge in [-0.25, -0.2) is 0 Å². The molecule has 10 heteroatoms. The van der Waals surface area contributed by atoms with Crippen molar-refractivity contribution in [3.8, 4) is 0 Å². The molecule has 0 bridgehead atoms. The van der Waals surface area contributed by atoms with Crippen molar-refractivity contribution in [2.45, 2.75) is 6.18 Å². The number of para-hydroxylation sites is 1. The molecule has 2 aromatic rings. The summed E-state index contributed by atoms with van der Waals surface area (Å²) in [6.45, 7) is -6.53. The standard InChI is InChI=1S/C15H10B2F6N.K/c18-15(19,20)11-5-7-12(8-6-11)16-14(17(21,22)23)9-10-3-1-2-4-13(10)24-16;/h1-9,24H;/q-1;+1. The SMILES string of the molecule is F[B-](F)(F)C1=Cc2ccccc2NB1c1ccc(C(F)(F)F)cc1.[K+]. The van der Waals surface area contributed by atoms with Gasteiger partial charge >= 0.3 is 64.5 Å². The predicted octanol–water partition coefficient (Wildman–Crippen LogP) is 1.34. The van der Waals surface area contributed by atoms with Crippen molar-refractivity contribution in [2.24, 2.45) is 0 Å². The van der Waals surface area contributed by atoms with Gasteiger partial charge in [0.15, 0.2) is 0 Å². The molecule has 1 N–H and O–H groups in total. The summed E-state index contributed by atoms with van der Waals surface area (Å²) in [5.41, 5.74) is 0.134. The van der Waals surface area contributed by atoms with Crippen molar-refractivity contribution in [3.63, 3.8) is 0 Å². The number of nitrogens with one attached hydrogen (secondary N) is 1. The molecular weight excluding hydrogens is 369 g/mol. The summed E-state index contributed by atoms with van der Waals surface area (Å²) >= 11 is 0. The van der Waals surface area contributed by atoms with E-state index in [0.717, 1.165) is 30.3 Å². The summed E-state index contributed by atoms with van der Waals surface area (Å²) in [6.07, 6.45) is -3.48. The fraction of sp³-hybridized carbons (Fsp3) is 0.0667. The van der Waals surface area contributed by atoms with E-state index in [9.17, 15) is 26.1 Å². The Labute approximate surface area is 183 Å². The van der Waals surface area contributed by atoms with E-state index < -0.39 is 30.9 Å². The maximum Gasteiger partial charge on any atom is 1.00 e. The summed E-state index contributed by atoms with van der Waals surface area (Å²) < 4.78 is 78.1. The van der Waals surface area contributed by atoms with E-state index >= 15 is 0 Å². The maximum atomic E-state index is 13.4. The third-order valence-corrected chi connectivity index (χ3v) is 3.87. The molecule has 0 radical (unpaired) electrons. The zero-order valence-corrected chi connectivity index (χ0v) is 16.2. The molecule has 0 spiro atoms. The van der Waals surface area contributed by atoms with Gasteiger partial charge in [-0.3, -0.25) is 0 Å². The van der Waals surface area contributed by atoms with Crippen LogP contribution in [-0.2, 0) is 6.18 Å². The van der Waals surface area contributed by atoms with Crippen LogP contribution in [0.3, 0.4) is 0 Å². The van der Waals surface area contributed by atoms with Gasteiger partial charge in [-0.05, 0) is 11.6 Å². The molecule has 0 fully saturated rings. The van der Waals surface area contributed by atoms with Crippen LogP contribution >= 0.6 is 0 Å². The first-order chi connectivity index (χ1) is 11.2. The van der Waals surface area contributed by atoms with Crippen molar-refractivity contribution in [1.29, 1.82) is 0 Å². The summed E-state index contributed by atoms with van der Waals surface area (Å²) in [7, 11) is 0. The first kappa shape index (κ1) is 20.6. The van der Waals surface area contributed by atoms with E-state index in [1.54, 1.807) is 24.3 Å². The second-order valence-corrected chi connectivity index (χ2v) is 5.50. The van der Waals surface area contributed by atoms with Crippen LogP contribution in [0, 0.1) is 0 Å². The molecule has 2 aromatic carbocycles. The number of alkyl halides is 3. The van der Waals surface area contributed by atoms with E-state index in [1.807, 2.05) is 0 Å². The van der Waals surface area contributed by atoms with Crippen LogP contribution in [0.4, 0.5) is 31.8 Å². The number of rotatable bonds is 2. The number of halogens is 6. The Morgan fingerprint density at radius 1 is 0.880 bits per heavy atom. The van der Waals surface area contributed by atoms with Crippen molar-refractivity contribution in [1.82, 2.24) is 0 Å². The molecule has 0 unspecified atom stereocenters. The van der Waals surface area contributed by atoms with Gasteiger partial charge in [0.25, 0.3) is 6.85 Å². The summed E-state index contributed by atoms with van der Waals surface area (Å²) in [5.74, 6) is 0. The van der Waals surface area contributed by atoms with Crippen molar-refractivity contribution in [2.75, 3.05) is 5.23 Å². The fourth-order valence-corrected chi connectivity index (χ4v) is 2.68. The zero-order valence-electron chi connectivity index (χ0n) is 13.1. The van der Waals surface area contributed by atoms with Crippen LogP contribution < -0.4 is 62.1 Å². The normalized spacial score (nSPS) is 14.2. The Balaban J connectivity index is 0.00000225. The first-order valence-corrected chi connectivity index (χ1v) is 7.10. The molecule has 0 aliphatic carbocycles. The Hall–Kier alpha value is -0.674. The molecule has 0 saturated carbocycles. The molecule has 0 atom stereocenters. The van der Waals surface area contributed by atoms with E-state index in [2.05, 4.69) is 5.23 Å². The average Bonchev–Trinajstić information content (AvgIpc) is 2.52. The van der Waals surface area contributed by atoms with Crippen molar-refractivity contribution < 1.29 is 77.5 Å². The minimum atomic E-state index is -5.30. The number of anilines is 1. The van der Waals surface area contributed by atoms with Crippen molar-refractivity contribution in [3.05, 3.63) is 65.0 Å². The Bertz CT molecular complexity index is 786. The molecule has 0 amide bonds. The second-order valence-electron chi connectivity index (χ2n) is 5.50. The van der Waals surface area contributed by atoms with Crippen LogP contribution in [0.5, 0.6) is 0 Å². The largest absolute Gasteiger partial charge is 1.00 e. The fourth-order valence-electron chi connectivity index (χ4n) is 2.68. The molecule has 1 aliphatic heterocycles. The Kier molecular flexibility index (Phi) is 6.21. The molecule has 25 heavy (non-hydrogen) atoms. The van der Waals surface area contributed by atoms with Gasteiger partial charge in [0, 0.05) is 5.69 Å². The molecule has 124 valence electrons. The number of benzene rings is 2. The average molecular weight is 379 g/mol. The molecule has 3 rings (SSSR count). The molecule has 0 saturated heterocycles. The summed E-state index contributed by atoms with van der Waals surface area (Å²) in [6, 6.07) is 10.2. The van der Waals surface area contributed by atoms with Crippen LogP contribution in [0.1, 0.15) is 11.1 Å². The number of hydrogen-bond acceptors (Lipinski definition) is 1. The topological polar surface area (TPSA) is 12.0 Å². The van der Waals surface area contributed by atoms with Crippen LogP contribution in [0.15, 0.2) is 53.9 Å². The zero-order chi connectivity index (χ0) is 17.5. The summed E-state index contributed by atoms with van der Waals surface area (Å²) in [5, 5.41) is 1.99. The molecular formula is C15H10B2F6KN. The van der Waals surface area contributed by atoms with Crippen LogP contribution in [0.25, 0.3) is 6.08 Å². The van der Waals surface area contributed by atoms with Gasteiger partial charge < -0.3 is 18.2 Å². The maximum absolute atomic E-state index is 13.4. The minimum absolute atomic E-state index is 0. The van der Waals surface area contributed by atoms with Crippen molar-refractivity contribution >= 4 is 31.1 Å². The molecule has 1 aliphatic rings. The number of fused-ring (bicyclic) bond motifs is 1. The summed E-state index contributed by atoms with van der Waals surface area (Å²) in [4.78, 5) is 0. The Morgan fingerprint density at radius 2 is 1.48 bits per heavy atom. The molecule has 0 aromatic heterocycles. The van der Waals surface area contributed by atoms with E-state index in [4.69, 9.17) is 0 Å². The van der Waals surface area contributed by atoms with E-state index in [1.165, 1.54) is 0 Å². The third-order valence-electron chi connectivity index (χ3n) is 3.87. The first-order valence-electron chi connectivity index (χ1n) is 7.10. The van der Waals surface area contributed by atoms with Crippen LogP contribution in [-0.4, -0.2) is 13.8 Å². The predicted molar refractivity (Wildman–Crippen MR) is 84.0 cm³/mol. The quantitative estimate of drug-likeness (QED) is 0.614. The van der Waals surface area contributed by atoms with Gasteiger partial charge in [-0.1, -0.05) is 54.0 Å². The molecule has 1 heterocycles. The van der Waals surface area contributed by atoms with Gasteiger partial charge in [0.2, 0.25) is 0 Å². The van der Waals surface area contributed by atoms with Gasteiger partial charge in [-0.15, -0.1) is 5.37 Å². The third kappa shape index (κ3) is 4.54. The van der Waals surface area contributed by atoms with E-state index in [-0.39, 0.29) is 56.8 Å². The minimum Gasteiger partial charge on any atom is -0.445 e. The van der Waals surface area contributed by atoms with Crippen LogP contribution in [0.2, 0.25) is 0 Å². The Morgan fingerprint density at radius 3 is 2.04 bits per heavy atom. The van der Waals surface area contributed by atoms with E-state index in [0.29, 0.717) is 11.3 Å². The van der Waals surface area contributed by atoms with Gasteiger partial charge in [0.05, 0.1) is 5.56 Å². The number of hydrogen-bond donors (Lipinski definition) is 1.